The van der Waals surface area contributed by atoms with Gasteiger partial charge in [0.05, 0.1) is 5.54 Å². The summed E-state index contributed by atoms with van der Waals surface area (Å²) in [7, 11) is 5.65. The lowest BCUT2D eigenvalue weighted by molar-refractivity contribution is -0.127. The molecule has 4 heteroatoms. The van der Waals surface area contributed by atoms with Crippen LogP contribution in [-0.2, 0) is 4.79 Å². The number of nitrogens with one attached hydrogen (secondary N) is 2. The third-order valence-corrected chi connectivity index (χ3v) is 3.28. The highest BCUT2D eigenvalue weighted by molar-refractivity contribution is 5.86. The van der Waals surface area contributed by atoms with Gasteiger partial charge in [-0.1, -0.05) is 48.0 Å². The molecular formula is C16H39N3O. The Hall–Kier alpha value is -0.610. The van der Waals surface area contributed by atoms with E-state index >= 15 is 0 Å². The Balaban J connectivity index is -0.000000656. The highest BCUT2D eigenvalue weighted by Gasteiger charge is 2.34. The number of carbonyl (C=O) groups excluding carboxylic acids is 1. The van der Waals surface area contributed by atoms with Gasteiger partial charge < -0.3 is 15.5 Å². The van der Waals surface area contributed by atoms with Crippen molar-refractivity contribution in [3.8, 4) is 0 Å². The van der Waals surface area contributed by atoms with Gasteiger partial charge in [0.15, 0.2) is 0 Å². The van der Waals surface area contributed by atoms with Crippen LogP contribution in [0.5, 0.6) is 0 Å². The minimum Gasteiger partial charge on any atom is -0.358 e. The molecule has 0 fully saturated rings. The van der Waals surface area contributed by atoms with Gasteiger partial charge in [-0.25, -0.2) is 0 Å². The van der Waals surface area contributed by atoms with E-state index in [1.807, 2.05) is 34.7 Å². The Morgan fingerprint density at radius 3 is 1.85 bits per heavy atom. The average Bonchev–Trinajstić information content (AvgIpc) is 2.54. The maximum atomic E-state index is 12.0. The molecular weight excluding hydrogens is 250 g/mol. The molecule has 1 atom stereocenters. The van der Waals surface area contributed by atoms with Crippen molar-refractivity contribution in [2.75, 3.05) is 34.2 Å². The zero-order chi connectivity index (χ0) is 16.6. The fourth-order valence-corrected chi connectivity index (χ4v) is 1.92. The maximum absolute atomic E-state index is 12.0. The van der Waals surface area contributed by atoms with Crippen molar-refractivity contribution in [2.24, 2.45) is 0 Å². The van der Waals surface area contributed by atoms with Gasteiger partial charge in [-0.2, -0.15) is 0 Å². The molecule has 0 aromatic rings. The molecule has 20 heavy (non-hydrogen) atoms. The molecule has 0 radical (unpaired) electrons. The van der Waals surface area contributed by atoms with Crippen LogP contribution in [0, 0.1) is 0 Å². The molecule has 0 saturated heterocycles. The van der Waals surface area contributed by atoms with Crippen molar-refractivity contribution >= 4 is 5.91 Å². The Kier molecular flexibility index (Phi) is 20.1. The van der Waals surface area contributed by atoms with Crippen LogP contribution in [0.2, 0.25) is 0 Å². The number of carbonyl (C=O) groups is 1. The van der Waals surface area contributed by atoms with E-state index in [0.29, 0.717) is 0 Å². The lowest BCUT2D eigenvalue weighted by Gasteiger charge is -2.33. The second-order valence-electron chi connectivity index (χ2n) is 4.31. The number of hydrogen-bond donors (Lipinski definition) is 2. The van der Waals surface area contributed by atoms with Crippen LogP contribution in [0.4, 0.5) is 0 Å². The van der Waals surface area contributed by atoms with E-state index in [9.17, 15) is 4.79 Å². The molecule has 0 aliphatic rings. The van der Waals surface area contributed by atoms with E-state index in [1.54, 1.807) is 7.05 Å². The predicted molar refractivity (Wildman–Crippen MR) is 91.2 cm³/mol. The van der Waals surface area contributed by atoms with E-state index in [-0.39, 0.29) is 5.91 Å². The molecule has 0 aromatic heterocycles. The topological polar surface area (TPSA) is 44.4 Å². The summed E-state index contributed by atoms with van der Waals surface area (Å²) in [6.07, 6.45) is 2.73. The normalized spacial score (nSPS) is 12.5. The van der Waals surface area contributed by atoms with Crippen molar-refractivity contribution in [2.45, 2.75) is 66.3 Å². The van der Waals surface area contributed by atoms with E-state index in [1.165, 1.54) is 0 Å². The van der Waals surface area contributed by atoms with Crippen LogP contribution in [0.15, 0.2) is 0 Å². The number of amides is 1. The first-order valence-corrected chi connectivity index (χ1v) is 8.16. The number of hydrogen-bond acceptors (Lipinski definition) is 3. The minimum atomic E-state index is -0.410. The molecule has 124 valence electrons. The van der Waals surface area contributed by atoms with Crippen molar-refractivity contribution in [1.82, 2.24) is 15.5 Å². The van der Waals surface area contributed by atoms with Crippen LogP contribution in [0.1, 0.15) is 60.8 Å². The van der Waals surface area contributed by atoms with Crippen LogP contribution in [0.25, 0.3) is 0 Å². The molecule has 0 aliphatic carbocycles. The van der Waals surface area contributed by atoms with Crippen LogP contribution >= 0.6 is 0 Å². The Bertz CT molecular complexity index is 210. The van der Waals surface area contributed by atoms with Gasteiger partial charge >= 0.3 is 0 Å². The summed E-state index contributed by atoms with van der Waals surface area (Å²) in [6, 6.07) is 0. The first kappa shape index (κ1) is 24.4. The van der Waals surface area contributed by atoms with Crippen LogP contribution in [0.3, 0.4) is 0 Å². The minimum absolute atomic E-state index is 0.0985. The molecule has 0 saturated carbocycles. The van der Waals surface area contributed by atoms with Gasteiger partial charge in [-0.15, -0.1) is 0 Å². The molecule has 0 heterocycles. The van der Waals surface area contributed by atoms with E-state index in [4.69, 9.17) is 0 Å². The molecule has 0 bridgehead atoms. The molecule has 0 aliphatic heterocycles. The summed E-state index contributed by atoms with van der Waals surface area (Å²) in [5, 5.41) is 5.97. The van der Waals surface area contributed by atoms with E-state index in [0.717, 1.165) is 32.4 Å². The number of likely N-dealkylation sites (N-methyl/N-ethyl adjacent to an activating group) is 2. The van der Waals surface area contributed by atoms with Gasteiger partial charge in [-0.3, -0.25) is 4.79 Å². The lowest BCUT2D eigenvalue weighted by atomic mass is 9.88. The number of nitrogens with zero attached hydrogens (tertiary/aromatic N) is 1. The van der Waals surface area contributed by atoms with Crippen molar-refractivity contribution < 1.29 is 4.79 Å². The largest absolute Gasteiger partial charge is 0.358 e. The smallest absolute Gasteiger partial charge is 0.240 e. The van der Waals surface area contributed by atoms with Crippen molar-refractivity contribution in [1.29, 1.82) is 0 Å². The SMILES string of the molecule is CC.CC.CCCC(CCN(C)CC)(NC)C(=O)NC. The first-order valence-electron chi connectivity index (χ1n) is 8.16. The molecule has 0 rings (SSSR count). The van der Waals surface area contributed by atoms with Gasteiger partial charge in [0.25, 0.3) is 0 Å². The second-order valence-corrected chi connectivity index (χ2v) is 4.31. The van der Waals surface area contributed by atoms with Gasteiger partial charge in [-0.05, 0) is 33.5 Å². The van der Waals surface area contributed by atoms with Crippen molar-refractivity contribution in [3.63, 3.8) is 0 Å². The zero-order valence-corrected chi connectivity index (χ0v) is 15.4. The third-order valence-electron chi connectivity index (χ3n) is 3.28. The fourth-order valence-electron chi connectivity index (χ4n) is 1.92. The molecule has 0 spiro atoms. The van der Waals surface area contributed by atoms with Gasteiger partial charge in [0.2, 0.25) is 5.91 Å². The summed E-state index contributed by atoms with van der Waals surface area (Å²) >= 11 is 0. The summed E-state index contributed by atoms with van der Waals surface area (Å²) in [5.74, 6) is 0.0985. The summed E-state index contributed by atoms with van der Waals surface area (Å²) in [5.41, 5.74) is -0.410. The summed E-state index contributed by atoms with van der Waals surface area (Å²) in [6.45, 7) is 14.2. The second kappa shape index (κ2) is 16.4. The monoisotopic (exact) mass is 289 g/mol. The standard InChI is InChI=1S/C12H27N3O.2C2H6/c1-6-8-12(14-4,11(16)13-3)9-10-15(5)7-2;2*1-2/h14H,6-10H2,1-5H3,(H,13,16);2*1-2H3. The molecule has 0 aromatic carbocycles. The Labute approximate surface area is 127 Å². The van der Waals surface area contributed by atoms with Gasteiger partial charge in [0, 0.05) is 13.6 Å². The van der Waals surface area contributed by atoms with Gasteiger partial charge in [0.1, 0.15) is 0 Å². The third kappa shape index (κ3) is 9.32. The summed E-state index contributed by atoms with van der Waals surface area (Å²) < 4.78 is 0. The Morgan fingerprint density at radius 1 is 1.05 bits per heavy atom. The van der Waals surface area contributed by atoms with E-state index in [2.05, 4.69) is 36.4 Å². The number of rotatable bonds is 8. The van der Waals surface area contributed by atoms with Crippen LogP contribution < -0.4 is 10.6 Å². The summed E-state index contributed by atoms with van der Waals surface area (Å²) in [4.78, 5) is 14.2. The quantitative estimate of drug-likeness (QED) is 0.722. The van der Waals surface area contributed by atoms with Crippen molar-refractivity contribution in [3.05, 3.63) is 0 Å². The molecule has 1 amide bonds. The maximum Gasteiger partial charge on any atom is 0.240 e. The van der Waals surface area contributed by atoms with Crippen LogP contribution in [-0.4, -0.2) is 50.6 Å². The highest BCUT2D eigenvalue weighted by atomic mass is 16.2. The zero-order valence-electron chi connectivity index (χ0n) is 15.4. The van der Waals surface area contributed by atoms with E-state index < -0.39 is 5.54 Å². The Morgan fingerprint density at radius 2 is 1.55 bits per heavy atom. The molecule has 2 N–H and O–H groups in total. The molecule has 1 unspecified atom stereocenters. The predicted octanol–water partition coefficient (Wildman–Crippen LogP) is 2.88. The highest BCUT2D eigenvalue weighted by Crippen LogP contribution is 2.18. The first-order chi connectivity index (χ1) is 9.56. The average molecular weight is 290 g/mol. The fraction of sp³-hybridized carbons (Fsp3) is 0.938. The lowest BCUT2D eigenvalue weighted by Crippen LogP contribution is -2.56. The molecule has 4 nitrogen and oxygen atoms in total.